The molecule has 1 aliphatic heterocycles. The van der Waals surface area contributed by atoms with Crippen LogP contribution in [-0.2, 0) is 27.5 Å². The first-order chi connectivity index (χ1) is 13.3. The van der Waals surface area contributed by atoms with E-state index in [1.807, 2.05) is 6.07 Å². The lowest BCUT2D eigenvalue weighted by atomic mass is 9.91. The van der Waals surface area contributed by atoms with E-state index in [0.29, 0.717) is 17.8 Å². The van der Waals surface area contributed by atoms with E-state index in [1.54, 1.807) is 19.2 Å². The highest BCUT2D eigenvalue weighted by atomic mass is 32.2. The molecule has 0 radical (unpaired) electrons. The zero-order valence-corrected chi connectivity index (χ0v) is 16.6. The van der Waals surface area contributed by atoms with Crippen LogP contribution >= 0.6 is 0 Å². The highest BCUT2D eigenvalue weighted by Gasteiger charge is 2.32. The molecular weight excluding hydrogens is 382 g/mol. The van der Waals surface area contributed by atoms with Gasteiger partial charge in [-0.1, -0.05) is 0 Å². The number of sulfone groups is 1. The number of hydrogen-bond acceptors (Lipinski definition) is 6. The Labute approximate surface area is 163 Å². The summed E-state index contributed by atoms with van der Waals surface area (Å²) in [5.41, 5.74) is 2.00. The Balaban J connectivity index is 1.48. The summed E-state index contributed by atoms with van der Waals surface area (Å²) in [7, 11) is -1.45. The third-order valence-electron chi connectivity index (χ3n) is 5.71. The smallest absolute Gasteiger partial charge is 0.339 e. The van der Waals surface area contributed by atoms with Gasteiger partial charge in [0.05, 0.1) is 11.5 Å². The van der Waals surface area contributed by atoms with Gasteiger partial charge in [0.1, 0.15) is 11.3 Å². The zero-order chi connectivity index (χ0) is 19.9. The highest BCUT2D eigenvalue weighted by Crippen LogP contribution is 2.29. The summed E-state index contributed by atoms with van der Waals surface area (Å²) >= 11 is 0. The van der Waals surface area contributed by atoms with Crippen LogP contribution in [0, 0.1) is 0 Å². The summed E-state index contributed by atoms with van der Waals surface area (Å²) in [5, 5.41) is 0.918. The van der Waals surface area contributed by atoms with Crippen molar-refractivity contribution in [1.82, 2.24) is 4.90 Å². The molecule has 150 valence electrons. The van der Waals surface area contributed by atoms with Gasteiger partial charge in [-0.05, 0) is 49.8 Å². The zero-order valence-electron chi connectivity index (χ0n) is 15.8. The highest BCUT2D eigenvalue weighted by molar-refractivity contribution is 7.91. The Kier molecular flexibility index (Phi) is 4.91. The number of hydrogen-bond donors (Lipinski definition) is 0. The van der Waals surface area contributed by atoms with E-state index < -0.39 is 9.84 Å². The number of carbonyl (C=O) groups excluding carboxylic acids is 1. The van der Waals surface area contributed by atoms with Crippen LogP contribution in [0.5, 0.6) is 5.75 Å². The summed E-state index contributed by atoms with van der Waals surface area (Å²) in [6, 6.07) is 4.97. The van der Waals surface area contributed by atoms with E-state index in [9.17, 15) is 18.0 Å². The van der Waals surface area contributed by atoms with Gasteiger partial charge >= 0.3 is 5.63 Å². The van der Waals surface area contributed by atoms with Crippen LogP contribution in [0.15, 0.2) is 27.4 Å². The lowest BCUT2D eigenvalue weighted by Gasteiger charge is -2.23. The normalized spacial score (nSPS) is 20.7. The maximum Gasteiger partial charge on any atom is 0.339 e. The molecule has 7 nitrogen and oxygen atoms in total. The average Bonchev–Trinajstić information content (AvgIpc) is 3.05. The third-order valence-corrected chi connectivity index (χ3v) is 7.46. The molecule has 1 fully saturated rings. The van der Waals surface area contributed by atoms with Crippen LogP contribution in [0.3, 0.4) is 0 Å². The maximum atomic E-state index is 12.4. The van der Waals surface area contributed by atoms with E-state index in [1.165, 1.54) is 4.90 Å². The number of carbonyl (C=O) groups is 1. The number of likely N-dealkylation sites (N-methyl/N-ethyl adjacent to an activating group) is 1. The second-order valence-electron chi connectivity index (χ2n) is 7.56. The monoisotopic (exact) mass is 405 g/mol. The van der Waals surface area contributed by atoms with Crippen molar-refractivity contribution in [3.8, 4) is 5.75 Å². The Morgan fingerprint density at radius 2 is 2.00 bits per heavy atom. The molecule has 1 atom stereocenters. The minimum atomic E-state index is -3.05. The van der Waals surface area contributed by atoms with Gasteiger partial charge in [0, 0.05) is 30.1 Å². The molecule has 1 aromatic carbocycles. The van der Waals surface area contributed by atoms with Crippen molar-refractivity contribution in [3.05, 3.63) is 39.7 Å². The SMILES string of the molecule is CN(C(=O)COc1ccc2c3c(c(=O)oc2c1)CCCC3)[C@@H]1CCS(=O)(=O)C1. The van der Waals surface area contributed by atoms with Gasteiger partial charge in [0.15, 0.2) is 16.4 Å². The fraction of sp³-hybridized carbons (Fsp3) is 0.500. The second kappa shape index (κ2) is 7.24. The summed E-state index contributed by atoms with van der Waals surface area (Å²) in [6.45, 7) is -0.201. The molecule has 0 saturated carbocycles. The molecule has 0 unspecified atom stereocenters. The summed E-state index contributed by atoms with van der Waals surface area (Å²) in [6.07, 6.45) is 4.13. The van der Waals surface area contributed by atoms with Crippen molar-refractivity contribution >= 4 is 26.7 Å². The molecule has 0 spiro atoms. The van der Waals surface area contributed by atoms with E-state index in [4.69, 9.17) is 9.15 Å². The Bertz CT molecular complexity index is 1090. The molecule has 2 aromatic rings. The van der Waals surface area contributed by atoms with Crippen LogP contribution < -0.4 is 10.4 Å². The van der Waals surface area contributed by atoms with Crippen LogP contribution in [-0.4, -0.2) is 50.4 Å². The summed E-state index contributed by atoms with van der Waals surface area (Å²) < 4.78 is 34.2. The van der Waals surface area contributed by atoms with E-state index in [2.05, 4.69) is 0 Å². The van der Waals surface area contributed by atoms with Crippen LogP contribution in [0.1, 0.15) is 30.4 Å². The van der Waals surface area contributed by atoms with Crippen molar-refractivity contribution < 1.29 is 22.4 Å². The van der Waals surface area contributed by atoms with Gasteiger partial charge in [0.2, 0.25) is 0 Å². The molecule has 1 amide bonds. The average molecular weight is 405 g/mol. The molecule has 4 rings (SSSR count). The molecule has 0 N–H and O–H groups in total. The van der Waals surface area contributed by atoms with Crippen molar-refractivity contribution in [2.75, 3.05) is 25.2 Å². The first kappa shape index (κ1) is 19.0. The number of rotatable bonds is 4. The maximum absolute atomic E-state index is 12.4. The number of benzene rings is 1. The first-order valence-electron chi connectivity index (χ1n) is 9.51. The summed E-state index contributed by atoms with van der Waals surface area (Å²) in [5.74, 6) is 0.271. The Morgan fingerprint density at radius 1 is 1.25 bits per heavy atom. The third kappa shape index (κ3) is 3.65. The van der Waals surface area contributed by atoms with Gasteiger partial charge in [-0.25, -0.2) is 13.2 Å². The van der Waals surface area contributed by atoms with Crippen molar-refractivity contribution in [1.29, 1.82) is 0 Å². The minimum absolute atomic E-state index is 0.00147. The molecule has 1 saturated heterocycles. The predicted octanol–water partition coefficient (Wildman–Crippen LogP) is 1.70. The number of fused-ring (bicyclic) bond motifs is 3. The van der Waals surface area contributed by atoms with Gasteiger partial charge in [-0.15, -0.1) is 0 Å². The first-order valence-corrected chi connectivity index (χ1v) is 11.3. The largest absolute Gasteiger partial charge is 0.484 e. The van der Waals surface area contributed by atoms with Crippen molar-refractivity contribution in [3.63, 3.8) is 0 Å². The fourth-order valence-corrected chi connectivity index (χ4v) is 5.82. The van der Waals surface area contributed by atoms with Crippen molar-refractivity contribution in [2.45, 2.75) is 38.1 Å². The number of aryl methyl sites for hydroxylation is 1. The summed E-state index contributed by atoms with van der Waals surface area (Å²) in [4.78, 5) is 26.0. The molecule has 1 aromatic heterocycles. The van der Waals surface area contributed by atoms with E-state index in [-0.39, 0.29) is 35.7 Å². The van der Waals surface area contributed by atoms with Gasteiger partial charge < -0.3 is 14.1 Å². The van der Waals surface area contributed by atoms with Crippen LogP contribution in [0.4, 0.5) is 0 Å². The predicted molar refractivity (Wildman–Crippen MR) is 104 cm³/mol. The molecule has 2 aliphatic rings. The van der Waals surface area contributed by atoms with E-state index in [0.717, 1.165) is 42.2 Å². The van der Waals surface area contributed by atoms with Crippen molar-refractivity contribution in [2.24, 2.45) is 0 Å². The lowest BCUT2D eigenvalue weighted by molar-refractivity contribution is -0.133. The molecular formula is C20H23NO6S. The Morgan fingerprint density at radius 3 is 2.71 bits per heavy atom. The van der Waals surface area contributed by atoms with E-state index >= 15 is 0 Å². The molecule has 0 bridgehead atoms. The fourth-order valence-electron chi connectivity index (χ4n) is 4.05. The second-order valence-corrected chi connectivity index (χ2v) is 9.79. The Hall–Kier alpha value is -2.35. The molecule has 28 heavy (non-hydrogen) atoms. The van der Waals surface area contributed by atoms with Crippen LogP contribution in [0.25, 0.3) is 11.0 Å². The molecule has 1 aliphatic carbocycles. The van der Waals surface area contributed by atoms with Gasteiger partial charge in [-0.2, -0.15) is 0 Å². The number of amides is 1. The topological polar surface area (TPSA) is 93.9 Å². The van der Waals surface area contributed by atoms with Gasteiger partial charge in [0.25, 0.3) is 5.91 Å². The van der Waals surface area contributed by atoms with Gasteiger partial charge in [-0.3, -0.25) is 4.79 Å². The number of nitrogens with zero attached hydrogens (tertiary/aromatic N) is 1. The minimum Gasteiger partial charge on any atom is -0.484 e. The molecule has 2 heterocycles. The number of ether oxygens (including phenoxy) is 1. The quantitative estimate of drug-likeness (QED) is 0.719. The standard InChI is InChI=1S/C20H23NO6S/c1-21(13-8-9-28(24,25)12-13)19(22)11-26-14-6-7-16-15-4-2-3-5-17(15)20(23)27-18(16)10-14/h6-7,10,13H,2-5,8-9,11-12H2,1H3/t13-/m1/s1. The lowest BCUT2D eigenvalue weighted by Crippen LogP contribution is -2.40. The van der Waals surface area contributed by atoms with Crippen LogP contribution in [0.2, 0.25) is 0 Å². The molecule has 8 heteroatoms.